The zero-order valence-corrected chi connectivity index (χ0v) is 15.9. The third-order valence-corrected chi connectivity index (χ3v) is 3.41. The van der Waals surface area contributed by atoms with E-state index in [1.54, 1.807) is 0 Å². The predicted molar refractivity (Wildman–Crippen MR) is 107 cm³/mol. The Kier molecular flexibility index (Phi) is 8.47. The molecular formula is C18H24IN3O. The van der Waals surface area contributed by atoms with Crippen LogP contribution in [0.3, 0.4) is 0 Å². The van der Waals surface area contributed by atoms with Crippen molar-refractivity contribution in [3.05, 3.63) is 60.2 Å². The minimum absolute atomic E-state index is 0. The highest BCUT2D eigenvalue weighted by Gasteiger charge is 2.02. The van der Waals surface area contributed by atoms with Crippen LogP contribution in [0.4, 0.5) is 0 Å². The van der Waals surface area contributed by atoms with Gasteiger partial charge >= 0.3 is 0 Å². The van der Waals surface area contributed by atoms with Crippen LogP contribution >= 0.6 is 24.0 Å². The molecule has 2 aromatic carbocycles. The Morgan fingerprint density at radius 2 is 1.52 bits per heavy atom. The highest BCUT2D eigenvalue weighted by molar-refractivity contribution is 14.0. The molecular weight excluding hydrogens is 401 g/mol. The maximum Gasteiger partial charge on any atom is 0.191 e. The first-order chi connectivity index (χ1) is 10.7. The van der Waals surface area contributed by atoms with E-state index in [9.17, 15) is 0 Å². The van der Waals surface area contributed by atoms with Crippen molar-refractivity contribution in [2.75, 3.05) is 13.1 Å². The van der Waals surface area contributed by atoms with E-state index in [4.69, 9.17) is 10.5 Å². The predicted octanol–water partition coefficient (Wildman–Crippen LogP) is 4.25. The number of benzene rings is 2. The van der Waals surface area contributed by atoms with Crippen LogP contribution in [0.15, 0.2) is 59.6 Å². The van der Waals surface area contributed by atoms with Crippen molar-refractivity contribution in [3.8, 4) is 11.5 Å². The quantitative estimate of drug-likeness (QED) is 0.428. The number of halogens is 1. The van der Waals surface area contributed by atoms with Crippen molar-refractivity contribution in [3.63, 3.8) is 0 Å². The first-order valence-corrected chi connectivity index (χ1v) is 7.59. The van der Waals surface area contributed by atoms with Gasteiger partial charge in [-0.25, -0.2) is 4.99 Å². The zero-order valence-electron chi connectivity index (χ0n) is 13.6. The summed E-state index contributed by atoms with van der Waals surface area (Å²) in [7, 11) is 0. The van der Waals surface area contributed by atoms with Crippen molar-refractivity contribution in [2.24, 2.45) is 10.7 Å². The SMILES string of the molecule is CCN(CC)C(N)=NCc1ccc(Oc2ccccc2)cc1.I. The van der Waals surface area contributed by atoms with Gasteiger partial charge in [0.25, 0.3) is 0 Å². The van der Waals surface area contributed by atoms with E-state index in [2.05, 4.69) is 18.8 Å². The summed E-state index contributed by atoms with van der Waals surface area (Å²) in [5.41, 5.74) is 7.08. The molecule has 0 fully saturated rings. The molecule has 4 nitrogen and oxygen atoms in total. The van der Waals surface area contributed by atoms with Crippen LogP contribution in [0, 0.1) is 0 Å². The summed E-state index contributed by atoms with van der Waals surface area (Å²) in [5, 5.41) is 0. The monoisotopic (exact) mass is 425 g/mol. The first-order valence-electron chi connectivity index (χ1n) is 7.59. The van der Waals surface area contributed by atoms with E-state index in [1.807, 2.05) is 59.5 Å². The van der Waals surface area contributed by atoms with Crippen LogP contribution in [0.2, 0.25) is 0 Å². The lowest BCUT2D eigenvalue weighted by molar-refractivity contribution is 0.458. The standard InChI is InChI=1S/C18H23N3O.HI/c1-3-21(4-2)18(19)20-14-15-10-12-17(13-11-15)22-16-8-6-5-7-9-16;/h5-13H,3-4,14H2,1-2H3,(H2,19,20);1H. The average Bonchev–Trinajstić information content (AvgIpc) is 2.56. The molecule has 0 atom stereocenters. The largest absolute Gasteiger partial charge is 0.457 e. The minimum atomic E-state index is 0. The molecule has 5 heteroatoms. The van der Waals surface area contributed by atoms with E-state index in [0.29, 0.717) is 12.5 Å². The molecule has 0 unspecified atom stereocenters. The molecule has 124 valence electrons. The van der Waals surface area contributed by atoms with Crippen LogP contribution in [0.1, 0.15) is 19.4 Å². The van der Waals surface area contributed by atoms with Gasteiger partial charge in [0.05, 0.1) is 6.54 Å². The molecule has 0 aliphatic rings. The van der Waals surface area contributed by atoms with E-state index >= 15 is 0 Å². The summed E-state index contributed by atoms with van der Waals surface area (Å²) >= 11 is 0. The highest BCUT2D eigenvalue weighted by Crippen LogP contribution is 2.21. The fourth-order valence-corrected chi connectivity index (χ4v) is 2.11. The highest BCUT2D eigenvalue weighted by atomic mass is 127. The first kappa shape index (κ1) is 19.3. The molecule has 2 aromatic rings. The molecule has 0 radical (unpaired) electrons. The van der Waals surface area contributed by atoms with Gasteiger partial charge in [-0.15, -0.1) is 24.0 Å². The molecule has 2 rings (SSSR count). The van der Waals surface area contributed by atoms with Crippen molar-refractivity contribution < 1.29 is 4.74 Å². The van der Waals surface area contributed by atoms with Crippen LogP contribution in [-0.2, 0) is 6.54 Å². The molecule has 0 saturated heterocycles. The molecule has 0 aliphatic heterocycles. The number of ether oxygens (including phenoxy) is 1. The molecule has 0 bridgehead atoms. The third kappa shape index (κ3) is 6.09. The van der Waals surface area contributed by atoms with E-state index in [1.165, 1.54) is 0 Å². The van der Waals surface area contributed by atoms with E-state index in [-0.39, 0.29) is 24.0 Å². The minimum Gasteiger partial charge on any atom is -0.457 e. The van der Waals surface area contributed by atoms with Gasteiger partial charge in [0, 0.05) is 13.1 Å². The lowest BCUT2D eigenvalue weighted by atomic mass is 10.2. The number of aliphatic imine (C=N–C) groups is 1. The Balaban J connectivity index is 0.00000264. The molecule has 0 heterocycles. The van der Waals surface area contributed by atoms with Crippen molar-refractivity contribution >= 4 is 29.9 Å². The number of para-hydroxylation sites is 1. The lowest BCUT2D eigenvalue weighted by Crippen LogP contribution is -2.37. The average molecular weight is 425 g/mol. The molecule has 0 aromatic heterocycles. The van der Waals surface area contributed by atoms with Gasteiger partial charge in [-0.2, -0.15) is 0 Å². The normalized spacial score (nSPS) is 10.8. The summed E-state index contributed by atoms with van der Waals surface area (Å²) in [6, 6.07) is 17.7. The van der Waals surface area contributed by atoms with Crippen molar-refractivity contribution in [1.29, 1.82) is 0 Å². The Bertz CT molecular complexity index is 595. The maximum absolute atomic E-state index is 5.97. The van der Waals surface area contributed by atoms with Crippen molar-refractivity contribution in [1.82, 2.24) is 4.90 Å². The van der Waals surface area contributed by atoms with Crippen LogP contribution in [-0.4, -0.2) is 23.9 Å². The van der Waals surface area contributed by atoms with Crippen molar-refractivity contribution in [2.45, 2.75) is 20.4 Å². The Morgan fingerprint density at radius 1 is 0.957 bits per heavy atom. The molecule has 0 spiro atoms. The summed E-state index contributed by atoms with van der Waals surface area (Å²) in [5.74, 6) is 2.24. The van der Waals surface area contributed by atoms with Crippen LogP contribution in [0.25, 0.3) is 0 Å². The third-order valence-electron chi connectivity index (χ3n) is 3.41. The second-order valence-electron chi connectivity index (χ2n) is 4.91. The molecule has 2 N–H and O–H groups in total. The second kappa shape index (κ2) is 10.1. The number of hydrogen-bond acceptors (Lipinski definition) is 2. The number of rotatable bonds is 6. The fourth-order valence-electron chi connectivity index (χ4n) is 2.11. The van der Waals surface area contributed by atoms with Gasteiger partial charge in [0.2, 0.25) is 0 Å². The van der Waals surface area contributed by atoms with Crippen LogP contribution in [0.5, 0.6) is 11.5 Å². The summed E-state index contributed by atoms with van der Waals surface area (Å²) in [4.78, 5) is 6.46. The number of hydrogen-bond donors (Lipinski definition) is 1. The molecule has 0 saturated carbocycles. The summed E-state index contributed by atoms with van der Waals surface area (Å²) < 4.78 is 5.76. The van der Waals surface area contributed by atoms with Crippen LogP contribution < -0.4 is 10.5 Å². The van der Waals surface area contributed by atoms with Gasteiger partial charge in [0.15, 0.2) is 5.96 Å². The summed E-state index contributed by atoms with van der Waals surface area (Å²) in [6.07, 6.45) is 0. The Morgan fingerprint density at radius 3 is 2.09 bits per heavy atom. The maximum atomic E-state index is 5.97. The molecule has 0 aliphatic carbocycles. The summed E-state index contributed by atoms with van der Waals surface area (Å²) in [6.45, 7) is 6.46. The Hall–Kier alpha value is -1.76. The van der Waals surface area contributed by atoms with Gasteiger partial charge in [0.1, 0.15) is 11.5 Å². The lowest BCUT2D eigenvalue weighted by Gasteiger charge is -2.19. The number of nitrogens with two attached hydrogens (primary N) is 1. The van der Waals surface area contributed by atoms with E-state index in [0.717, 1.165) is 30.2 Å². The fraction of sp³-hybridized carbons (Fsp3) is 0.278. The smallest absolute Gasteiger partial charge is 0.191 e. The second-order valence-corrected chi connectivity index (χ2v) is 4.91. The number of nitrogens with zero attached hydrogens (tertiary/aromatic N) is 2. The topological polar surface area (TPSA) is 50.8 Å². The molecule has 23 heavy (non-hydrogen) atoms. The Labute approximate surface area is 155 Å². The van der Waals surface area contributed by atoms with Gasteiger partial charge in [-0.3, -0.25) is 0 Å². The van der Waals surface area contributed by atoms with Gasteiger partial charge in [-0.1, -0.05) is 30.3 Å². The van der Waals surface area contributed by atoms with E-state index < -0.39 is 0 Å². The zero-order chi connectivity index (χ0) is 15.8. The number of guanidine groups is 1. The molecule has 0 amide bonds. The van der Waals surface area contributed by atoms with Gasteiger partial charge in [-0.05, 0) is 43.7 Å². The van der Waals surface area contributed by atoms with Gasteiger partial charge < -0.3 is 15.4 Å².